The van der Waals surface area contributed by atoms with Crippen LogP contribution in [-0.4, -0.2) is 21.0 Å². The molecule has 1 saturated carbocycles. The van der Waals surface area contributed by atoms with E-state index in [0.717, 1.165) is 31.2 Å². The lowest BCUT2D eigenvalue weighted by Crippen LogP contribution is -2.38. The Labute approximate surface area is 244 Å². The van der Waals surface area contributed by atoms with Crippen LogP contribution in [0.2, 0.25) is 5.02 Å². The third-order valence-electron chi connectivity index (χ3n) is 7.23. The first kappa shape index (κ1) is 25.6. The molecule has 2 aliphatic rings. The standard InChI is InChI=1S/C31H30ClFN8/c1-2-6-26(19-7-4-3-5-8-19)38-29-21(15-34)17-36-31-24(29)13-22(14-25(31)32)37-30(20-9-12-28(33)35-16-20)27-18-41(40-39-27)23-10-11-23/h3-5,7-9,12-14,16-18,23,26,30,37,39-40H,2,6,10-11H2,1H3,(H,36,38)/i30D. The normalized spacial score (nSPS) is 17.2. The molecule has 41 heavy (non-hydrogen) atoms. The van der Waals surface area contributed by atoms with Crippen LogP contribution in [0.4, 0.5) is 15.8 Å². The maximum atomic E-state index is 13.8. The van der Waals surface area contributed by atoms with Gasteiger partial charge in [-0.2, -0.15) is 9.65 Å². The quantitative estimate of drug-likeness (QED) is 0.156. The molecular weight excluding hydrogens is 539 g/mol. The molecule has 10 heteroatoms. The van der Waals surface area contributed by atoms with Crippen molar-refractivity contribution in [2.75, 3.05) is 10.6 Å². The molecule has 1 aliphatic heterocycles. The van der Waals surface area contributed by atoms with E-state index in [1.165, 1.54) is 24.5 Å². The van der Waals surface area contributed by atoms with Gasteiger partial charge in [-0.15, -0.1) is 5.53 Å². The van der Waals surface area contributed by atoms with Gasteiger partial charge in [0.1, 0.15) is 6.07 Å². The molecule has 0 saturated heterocycles. The summed E-state index contributed by atoms with van der Waals surface area (Å²) in [7, 11) is 0. The number of hydrogen-bond donors (Lipinski definition) is 4. The van der Waals surface area contributed by atoms with Gasteiger partial charge < -0.3 is 16.1 Å². The highest BCUT2D eigenvalue weighted by Crippen LogP contribution is 2.38. The van der Waals surface area contributed by atoms with Gasteiger partial charge in [0.15, 0.2) is 0 Å². The van der Waals surface area contributed by atoms with Gasteiger partial charge in [-0.25, -0.2) is 4.98 Å². The lowest BCUT2D eigenvalue weighted by Gasteiger charge is -2.24. The van der Waals surface area contributed by atoms with Crippen LogP contribution in [0.1, 0.15) is 62.7 Å². The van der Waals surface area contributed by atoms with E-state index in [1.54, 1.807) is 6.07 Å². The van der Waals surface area contributed by atoms with Crippen molar-refractivity contribution in [2.45, 2.75) is 50.7 Å². The molecule has 4 N–H and O–H groups in total. The molecule has 3 heterocycles. The Bertz CT molecular complexity index is 1670. The van der Waals surface area contributed by atoms with E-state index in [-0.39, 0.29) is 6.04 Å². The number of nitrogens with one attached hydrogen (secondary N) is 4. The van der Waals surface area contributed by atoms with E-state index in [2.05, 4.69) is 56.7 Å². The van der Waals surface area contributed by atoms with E-state index >= 15 is 0 Å². The Morgan fingerprint density at radius 1 is 1.15 bits per heavy atom. The van der Waals surface area contributed by atoms with Crippen LogP contribution in [0.15, 0.2) is 78.9 Å². The van der Waals surface area contributed by atoms with Crippen molar-refractivity contribution in [1.82, 2.24) is 25.9 Å². The first-order valence-corrected chi connectivity index (χ1v) is 14.0. The Morgan fingerprint density at radius 3 is 2.68 bits per heavy atom. The molecule has 1 fully saturated rings. The van der Waals surface area contributed by atoms with Crippen molar-refractivity contribution in [2.24, 2.45) is 0 Å². The fourth-order valence-electron chi connectivity index (χ4n) is 5.01. The maximum absolute atomic E-state index is 13.8. The summed E-state index contributed by atoms with van der Waals surface area (Å²) in [5.41, 5.74) is 10.3. The molecule has 4 aromatic rings. The fourth-order valence-corrected chi connectivity index (χ4v) is 5.28. The summed E-state index contributed by atoms with van der Waals surface area (Å²) in [5.74, 6) is -0.633. The second kappa shape index (κ2) is 11.6. The van der Waals surface area contributed by atoms with Gasteiger partial charge in [0.25, 0.3) is 0 Å². The molecule has 2 unspecified atom stereocenters. The van der Waals surface area contributed by atoms with Crippen LogP contribution >= 0.6 is 11.6 Å². The maximum Gasteiger partial charge on any atom is 0.212 e. The molecule has 208 valence electrons. The summed E-state index contributed by atoms with van der Waals surface area (Å²) in [6.45, 7) is 2.12. The van der Waals surface area contributed by atoms with Gasteiger partial charge in [-0.3, -0.25) is 9.99 Å². The van der Waals surface area contributed by atoms with Crippen LogP contribution in [0.5, 0.6) is 0 Å². The first-order chi connectivity index (χ1) is 20.4. The summed E-state index contributed by atoms with van der Waals surface area (Å²) >= 11 is 6.79. The van der Waals surface area contributed by atoms with Crippen LogP contribution in [-0.2, 0) is 0 Å². The third kappa shape index (κ3) is 5.75. The fraction of sp³-hybridized carbons (Fsp3) is 0.258. The highest BCUT2D eigenvalue weighted by Gasteiger charge is 2.32. The van der Waals surface area contributed by atoms with Crippen molar-refractivity contribution < 1.29 is 5.76 Å². The minimum absolute atomic E-state index is 0.0443. The van der Waals surface area contributed by atoms with E-state index in [1.807, 2.05) is 35.5 Å². The predicted molar refractivity (Wildman–Crippen MR) is 159 cm³/mol. The summed E-state index contributed by atoms with van der Waals surface area (Å²) in [6.07, 6.45) is 8.62. The molecule has 2 aromatic heterocycles. The number of anilines is 2. The summed E-state index contributed by atoms with van der Waals surface area (Å²) < 4.78 is 23.4. The van der Waals surface area contributed by atoms with Crippen LogP contribution in [0, 0.1) is 17.3 Å². The first-order valence-electron chi connectivity index (χ1n) is 14.2. The Kier molecular flexibility index (Phi) is 7.24. The molecular formula is C31H30ClFN8. The Morgan fingerprint density at radius 2 is 1.98 bits per heavy atom. The zero-order valence-corrected chi connectivity index (χ0v) is 23.2. The predicted octanol–water partition coefficient (Wildman–Crippen LogP) is 6.73. The number of nitriles is 1. The second-order valence-corrected chi connectivity index (χ2v) is 10.6. The van der Waals surface area contributed by atoms with Gasteiger partial charge in [-0.1, -0.05) is 61.3 Å². The lowest BCUT2D eigenvalue weighted by molar-refractivity contribution is 0.260. The molecule has 6 rings (SSSR count). The molecule has 8 nitrogen and oxygen atoms in total. The number of rotatable bonds is 10. The molecule has 0 amide bonds. The minimum Gasteiger partial charge on any atom is -0.377 e. The molecule has 0 bridgehead atoms. The van der Waals surface area contributed by atoms with E-state index in [4.69, 9.17) is 11.6 Å². The van der Waals surface area contributed by atoms with Gasteiger partial charge in [0, 0.05) is 35.7 Å². The van der Waals surface area contributed by atoms with Crippen molar-refractivity contribution in [1.29, 1.82) is 5.26 Å². The highest BCUT2D eigenvalue weighted by molar-refractivity contribution is 6.35. The number of aromatic nitrogens is 2. The van der Waals surface area contributed by atoms with E-state index in [0.29, 0.717) is 50.2 Å². The van der Waals surface area contributed by atoms with Crippen LogP contribution in [0.25, 0.3) is 10.9 Å². The van der Waals surface area contributed by atoms with E-state index < -0.39 is 12.0 Å². The lowest BCUT2D eigenvalue weighted by atomic mass is 10.00. The number of pyridine rings is 2. The number of halogens is 2. The van der Waals surface area contributed by atoms with Crippen LogP contribution in [0.3, 0.4) is 0 Å². The van der Waals surface area contributed by atoms with Crippen molar-refractivity contribution in [3.05, 3.63) is 107 Å². The van der Waals surface area contributed by atoms with Gasteiger partial charge in [0.05, 0.1) is 40.9 Å². The van der Waals surface area contributed by atoms with Crippen molar-refractivity contribution in [3.63, 3.8) is 0 Å². The highest BCUT2D eigenvalue weighted by atomic mass is 35.5. The summed E-state index contributed by atoms with van der Waals surface area (Å²) in [4.78, 5) is 8.31. The van der Waals surface area contributed by atoms with Crippen molar-refractivity contribution >= 4 is 33.9 Å². The van der Waals surface area contributed by atoms with Crippen molar-refractivity contribution in [3.8, 4) is 6.07 Å². The summed E-state index contributed by atoms with van der Waals surface area (Å²) in [5, 5.41) is 19.9. The molecule has 2 atom stereocenters. The number of fused-ring (bicyclic) bond motifs is 1. The van der Waals surface area contributed by atoms with Gasteiger partial charge >= 0.3 is 0 Å². The number of nitrogens with zero attached hydrogens (tertiary/aromatic N) is 4. The Hall–Kier alpha value is -4.39. The smallest absolute Gasteiger partial charge is 0.212 e. The molecule has 2 aromatic carbocycles. The Balaban J connectivity index is 1.44. The number of hydrazine groups is 2. The minimum atomic E-state index is -1.59. The second-order valence-electron chi connectivity index (χ2n) is 10.2. The average Bonchev–Trinajstić information content (AvgIpc) is 3.73. The zero-order chi connectivity index (χ0) is 29.3. The van der Waals surface area contributed by atoms with Crippen LogP contribution < -0.4 is 21.6 Å². The zero-order valence-electron chi connectivity index (χ0n) is 23.5. The average molecular weight is 570 g/mol. The molecule has 1 aliphatic carbocycles. The van der Waals surface area contributed by atoms with Gasteiger partial charge in [-0.05, 0) is 48.6 Å². The SMILES string of the molecule is [2H]C(Nc1cc(Cl)c2ncc(C#N)c(NC(CCC)c3ccccc3)c2c1)(C1=CN(C2CC2)NN1)c1ccc(F)nc1. The third-order valence-corrected chi connectivity index (χ3v) is 7.51. The number of benzene rings is 2. The monoisotopic (exact) mass is 569 g/mol. The number of hydrogen-bond acceptors (Lipinski definition) is 8. The largest absolute Gasteiger partial charge is 0.377 e. The van der Waals surface area contributed by atoms with Gasteiger partial charge in [0.2, 0.25) is 5.95 Å². The molecule has 0 spiro atoms. The topological polar surface area (TPSA) is 101 Å². The summed E-state index contributed by atoms with van der Waals surface area (Å²) in [6, 6.07) is 17.4. The molecule has 0 radical (unpaired) electrons. The van der Waals surface area contributed by atoms with E-state index in [9.17, 15) is 11.0 Å².